The molecule has 8 aliphatic carbocycles. The molecule has 0 bridgehead atoms. The Morgan fingerprint density at radius 2 is 1.01 bits per heavy atom. The number of phosphoric ester groups is 1. The molecule has 0 aliphatic heterocycles. The number of quaternary nitrogens is 1. The third-order valence-corrected chi connectivity index (χ3v) is 27.4. The number of carbonyl (C=O) groups is 4. The van der Waals surface area contributed by atoms with E-state index in [4.69, 9.17) is 28.0 Å². The Balaban J connectivity index is 0.782. The van der Waals surface area contributed by atoms with Gasteiger partial charge in [-0.05, 0) is 207 Å². The second kappa shape index (κ2) is 29.8. The summed E-state index contributed by atoms with van der Waals surface area (Å²) in [5, 5.41) is 0. The van der Waals surface area contributed by atoms with Crippen LogP contribution in [0.1, 0.15) is 250 Å². The highest BCUT2D eigenvalue weighted by atomic mass is 31.2. The molecule has 0 spiro atoms. The SMILES string of the molecule is CC[C@H](CC[C@@H](C)[C@H]1CC[C@H]2[C@@H]3CC=C4C[C@H](OC(=O)CCC(=O)OC(COC(=O)CCC(=O)O[C@H]5CC[C@@]6(C)C(=CC[C@H]7[C@@H]8CC[C@H]([C@H](C)CC[C@@H](CC)C(C)C)[C@@]8(C)CC[C@@H]76)C5)COP(=O)(O)OCC[N+](C)(C)C)CC[C@]4(C)[C@H]3CC[C@]12C)C(C)C. The van der Waals surface area contributed by atoms with Crippen molar-refractivity contribution in [2.75, 3.05) is 47.5 Å². The van der Waals surface area contributed by atoms with E-state index in [9.17, 15) is 28.6 Å². The van der Waals surface area contributed by atoms with Crippen LogP contribution in [-0.2, 0) is 51.7 Å². The van der Waals surface area contributed by atoms with Gasteiger partial charge in [0, 0.05) is 12.8 Å². The Kier molecular flexibility index (Phi) is 24.1. The number of allylic oxidation sites excluding steroid dienone is 2. The van der Waals surface area contributed by atoms with E-state index in [1.54, 1.807) is 0 Å². The van der Waals surface area contributed by atoms with Gasteiger partial charge in [-0.25, -0.2) is 4.57 Å². The molecule has 8 rings (SSSR count). The summed E-state index contributed by atoms with van der Waals surface area (Å²) in [6.07, 6.45) is 27.9. The normalized spacial score (nSPS) is 35.9. The number of fused-ring (bicyclic) bond motifs is 10. The fraction of sp³-hybridized carbons (Fsp3) is 0.892. The van der Waals surface area contributed by atoms with Gasteiger partial charge in [0.05, 0.1) is 53.4 Å². The van der Waals surface area contributed by atoms with Crippen LogP contribution in [0, 0.1) is 105 Å². The first-order chi connectivity index (χ1) is 41.4. The second-order valence-electron chi connectivity index (χ2n) is 33.0. The molecule has 13 nitrogen and oxygen atoms in total. The molecule has 0 radical (unpaired) electrons. The highest BCUT2D eigenvalue weighted by Crippen LogP contribution is 2.69. The number of hydrogen-bond acceptors (Lipinski definition) is 11. The minimum Gasteiger partial charge on any atom is -0.462 e. The van der Waals surface area contributed by atoms with Gasteiger partial charge in [-0.15, -0.1) is 0 Å². The van der Waals surface area contributed by atoms with E-state index < -0.39 is 51.0 Å². The number of phosphoric acid groups is 1. The average molecular weight is 1250 g/mol. The molecule has 20 atom stereocenters. The molecule has 6 fully saturated rings. The fourth-order valence-corrected chi connectivity index (χ4v) is 21.7. The van der Waals surface area contributed by atoms with E-state index in [-0.39, 0.29) is 55.3 Å². The van der Waals surface area contributed by atoms with Crippen molar-refractivity contribution in [3.05, 3.63) is 23.3 Å². The van der Waals surface area contributed by atoms with Crippen molar-refractivity contribution in [3.63, 3.8) is 0 Å². The molecular formula is C74H125NO12P+. The second-order valence-corrected chi connectivity index (χ2v) is 34.5. The van der Waals surface area contributed by atoms with E-state index in [0.717, 1.165) is 104 Å². The summed E-state index contributed by atoms with van der Waals surface area (Å²) < 4.78 is 47.2. The first-order valence-corrected chi connectivity index (χ1v) is 37.5. The van der Waals surface area contributed by atoms with E-state index >= 15 is 0 Å². The molecule has 6 saturated carbocycles. The monoisotopic (exact) mass is 1250 g/mol. The van der Waals surface area contributed by atoms with Crippen LogP contribution in [-0.4, -0.2) is 99.1 Å². The molecule has 0 heterocycles. The summed E-state index contributed by atoms with van der Waals surface area (Å²) in [4.78, 5) is 63.9. The van der Waals surface area contributed by atoms with Crippen molar-refractivity contribution in [3.8, 4) is 0 Å². The van der Waals surface area contributed by atoms with Crippen molar-refractivity contribution in [2.24, 2.45) is 105 Å². The number of likely N-dealkylation sites (N-methyl/N-ethyl adjacent to an activating group) is 1. The van der Waals surface area contributed by atoms with Crippen LogP contribution in [0.5, 0.6) is 0 Å². The zero-order valence-corrected chi connectivity index (χ0v) is 58.9. The largest absolute Gasteiger partial charge is 0.472 e. The molecule has 8 aliphatic rings. The van der Waals surface area contributed by atoms with E-state index in [2.05, 4.69) is 95.2 Å². The van der Waals surface area contributed by atoms with Gasteiger partial charge < -0.3 is 28.3 Å². The molecule has 2 unspecified atom stereocenters. The van der Waals surface area contributed by atoms with Gasteiger partial charge in [0.2, 0.25) is 0 Å². The Morgan fingerprint density at radius 1 is 0.568 bits per heavy atom. The molecule has 502 valence electrons. The van der Waals surface area contributed by atoms with E-state index in [1.807, 2.05) is 21.1 Å². The minimum atomic E-state index is -4.59. The lowest BCUT2D eigenvalue weighted by atomic mass is 9.47. The van der Waals surface area contributed by atoms with Crippen LogP contribution in [0.4, 0.5) is 0 Å². The number of rotatable bonds is 30. The van der Waals surface area contributed by atoms with Crippen molar-refractivity contribution in [1.29, 1.82) is 0 Å². The van der Waals surface area contributed by atoms with Crippen LogP contribution in [0.15, 0.2) is 23.3 Å². The Bertz CT molecular complexity index is 2480. The standard InChI is InChI=1S/C74H124NO12P/c1-16-52(48(3)4)20-18-50(7)61-26-28-63-59-24-22-54-44-56(34-38-71(54,9)65(59)36-40-73(61,63)11)85-68(77)31-30-67(76)82-46-58(47-84-88(80,81)83-43-42-75(13,14)15)87-70(79)33-32-69(78)86-57-35-39-72(10)55(45-57)23-25-60-64-29-27-62(74(64,12)41-37-66(60)72)51(8)19-21-53(17-2)49(5)6/h22-23,48-53,56-66H,16-21,24-47H2,1-15H3/p+1/t50-,51-,52-,53-,56+,57-,58?,59+,60+,61-,62-,63+,64+,65+,66+,71+,72+,73-,74-/m1/s1. The zero-order chi connectivity index (χ0) is 64.1. The summed E-state index contributed by atoms with van der Waals surface area (Å²) in [6, 6.07) is 0. The maximum Gasteiger partial charge on any atom is 0.472 e. The molecule has 1 N–H and O–H groups in total. The van der Waals surface area contributed by atoms with Gasteiger partial charge in [-0.2, -0.15) is 0 Å². The van der Waals surface area contributed by atoms with Crippen molar-refractivity contribution in [2.45, 2.75) is 268 Å². The number of nitrogens with zero attached hydrogens (tertiary/aromatic N) is 1. The third kappa shape index (κ3) is 16.7. The van der Waals surface area contributed by atoms with Crippen LogP contribution >= 0.6 is 7.82 Å². The van der Waals surface area contributed by atoms with Gasteiger partial charge in [0.1, 0.15) is 32.0 Å². The maximum atomic E-state index is 13.4. The molecule has 14 heteroatoms. The van der Waals surface area contributed by atoms with Gasteiger partial charge in [-0.3, -0.25) is 28.2 Å². The van der Waals surface area contributed by atoms with E-state index in [0.29, 0.717) is 52.0 Å². The highest BCUT2D eigenvalue weighted by Gasteiger charge is 2.61. The molecule has 88 heavy (non-hydrogen) atoms. The number of esters is 4. The van der Waals surface area contributed by atoms with Crippen molar-refractivity contribution < 1.29 is 61.1 Å². The maximum absolute atomic E-state index is 13.4. The molecule has 0 aromatic heterocycles. The van der Waals surface area contributed by atoms with Gasteiger partial charge >= 0.3 is 31.7 Å². The van der Waals surface area contributed by atoms with Gasteiger partial charge in [0.25, 0.3) is 0 Å². The first-order valence-electron chi connectivity index (χ1n) is 36.0. The van der Waals surface area contributed by atoms with Gasteiger partial charge in [-0.1, -0.05) is 132 Å². The van der Waals surface area contributed by atoms with E-state index in [1.165, 1.54) is 101 Å². The summed E-state index contributed by atoms with van der Waals surface area (Å²) in [5.74, 6) is 8.05. The van der Waals surface area contributed by atoms with Crippen molar-refractivity contribution in [1.82, 2.24) is 0 Å². The lowest BCUT2D eigenvalue weighted by Crippen LogP contribution is -2.51. The predicted molar refractivity (Wildman–Crippen MR) is 348 cm³/mol. The number of carbonyl (C=O) groups excluding carboxylic acids is 4. The molecule has 0 aromatic carbocycles. The Hall–Kier alpha value is -2.57. The van der Waals surface area contributed by atoms with Crippen LogP contribution in [0.25, 0.3) is 0 Å². The Morgan fingerprint density at radius 3 is 1.44 bits per heavy atom. The summed E-state index contributed by atoms with van der Waals surface area (Å²) in [5.41, 5.74) is 3.90. The fourth-order valence-electron chi connectivity index (χ4n) is 20.9. The molecule has 0 amide bonds. The van der Waals surface area contributed by atoms with Gasteiger partial charge in [0.15, 0.2) is 6.10 Å². The topological polar surface area (TPSA) is 161 Å². The summed E-state index contributed by atoms with van der Waals surface area (Å²) >= 11 is 0. The number of ether oxygens (including phenoxy) is 4. The molecule has 0 saturated heterocycles. The predicted octanol–water partition coefficient (Wildman–Crippen LogP) is 17.0. The van der Waals surface area contributed by atoms with Crippen LogP contribution in [0.2, 0.25) is 0 Å². The summed E-state index contributed by atoms with van der Waals surface area (Å²) in [7, 11) is 1.16. The average Bonchev–Trinajstić information content (AvgIpc) is 1.61. The minimum absolute atomic E-state index is 0.0667. The highest BCUT2D eigenvalue weighted by molar-refractivity contribution is 7.47. The molecule has 0 aromatic rings. The van der Waals surface area contributed by atoms with Crippen LogP contribution in [0.3, 0.4) is 0 Å². The summed E-state index contributed by atoms with van der Waals surface area (Å²) in [6.45, 7) is 28.9. The van der Waals surface area contributed by atoms with Crippen molar-refractivity contribution >= 4 is 31.7 Å². The zero-order valence-electron chi connectivity index (χ0n) is 58.0. The first kappa shape index (κ1) is 71.3. The van der Waals surface area contributed by atoms with Crippen LogP contribution < -0.4 is 0 Å². The quantitative estimate of drug-likeness (QED) is 0.0239. The smallest absolute Gasteiger partial charge is 0.462 e. The number of hydrogen-bond donors (Lipinski definition) is 1. The third-order valence-electron chi connectivity index (χ3n) is 26.4. The lowest BCUT2D eigenvalue weighted by molar-refractivity contribution is -0.870. The Labute approximate surface area is 534 Å². The lowest BCUT2D eigenvalue weighted by Gasteiger charge is -2.58. The molecular weight excluding hydrogens is 1130 g/mol.